The first-order valence-electron chi connectivity index (χ1n) is 12.0. The highest BCUT2D eigenvalue weighted by Gasteiger charge is 2.53. The molecular formula is C32H24N2O. The number of hydrogen-bond donors (Lipinski definition) is 1. The smallest absolute Gasteiger partial charge is 0.245 e. The lowest BCUT2D eigenvalue weighted by atomic mass is 9.77. The van der Waals surface area contributed by atoms with Gasteiger partial charge in [0.1, 0.15) is 5.41 Å². The Morgan fingerprint density at radius 2 is 1.54 bits per heavy atom. The third-order valence-electron chi connectivity index (χ3n) is 7.62. The van der Waals surface area contributed by atoms with Gasteiger partial charge in [-0.15, -0.1) is 0 Å². The van der Waals surface area contributed by atoms with Gasteiger partial charge in [0.2, 0.25) is 5.91 Å². The Hall–Kier alpha value is -4.37. The molecule has 0 radical (unpaired) electrons. The van der Waals surface area contributed by atoms with E-state index in [2.05, 4.69) is 103 Å². The minimum atomic E-state index is -0.825. The van der Waals surface area contributed by atoms with Crippen molar-refractivity contribution in [3.63, 3.8) is 0 Å². The molecule has 4 aromatic carbocycles. The molecule has 1 atom stereocenters. The molecule has 3 heteroatoms. The SMILES string of the molecule is Cc1ccc2c(c1)C1(C=C(c3c(-c4ccccc4)[nH]c4ccccc34)c3ccccc31)C(=O)N2C. The fourth-order valence-electron chi connectivity index (χ4n) is 6.03. The number of nitrogens with one attached hydrogen (secondary N) is 1. The maximum Gasteiger partial charge on any atom is 0.245 e. The molecule has 2 heterocycles. The van der Waals surface area contributed by atoms with Crippen LogP contribution in [0.4, 0.5) is 5.69 Å². The molecule has 7 rings (SSSR count). The van der Waals surface area contributed by atoms with Gasteiger partial charge in [-0.25, -0.2) is 0 Å². The molecule has 1 unspecified atom stereocenters. The average molecular weight is 453 g/mol. The first kappa shape index (κ1) is 20.0. The summed E-state index contributed by atoms with van der Waals surface area (Å²) in [4.78, 5) is 19.6. The number of benzene rings is 4. The number of hydrogen-bond acceptors (Lipinski definition) is 1. The third kappa shape index (κ3) is 2.58. The standard InChI is InChI=1S/C32H24N2O/c1-20-16-17-28-26(18-20)32(31(35)34(28)2)19-24(22-12-6-8-14-25(22)32)29-23-13-7-9-15-27(23)33-30(29)21-10-4-3-5-11-21/h3-19,33H,1-2H3. The first-order valence-corrected chi connectivity index (χ1v) is 12.0. The highest BCUT2D eigenvalue weighted by atomic mass is 16.2. The normalized spacial score (nSPS) is 18.3. The van der Waals surface area contributed by atoms with Gasteiger partial charge in [-0.2, -0.15) is 0 Å². The topological polar surface area (TPSA) is 36.1 Å². The molecule has 1 amide bonds. The van der Waals surface area contributed by atoms with Crippen LogP contribution in [0.25, 0.3) is 27.7 Å². The van der Waals surface area contributed by atoms with E-state index in [1.54, 1.807) is 0 Å². The van der Waals surface area contributed by atoms with E-state index >= 15 is 0 Å². The lowest BCUT2D eigenvalue weighted by Crippen LogP contribution is -2.37. The fourth-order valence-corrected chi connectivity index (χ4v) is 6.03. The number of carbonyl (C=O) groups is 1. The Morgan fingerprint density at radius 1 is 0.800 bits per heavy atom. The molecule has 0 fully saturated rings. The Balaban J connectivity index is 1.59. The fraction of sp³-hybridized carbons (Fsp3) is 0.0938. The zero-order valence-corrected chi connectivity index (χ0v) is 19.7. The van der Waals surface area contributed by atoms with Crippen molar-refractivity contribution in [1.29, 1.82) is 0 Å². The summed E-state index contributed by atoms with van der Waals surface area (Å²) in [6.45, 7) is 2.09. The number of aromatic amines is 1. The Bertz CT molecular complexity index is 1690. The number of carbonyl (C=O) groups excluding carboxylic acids is 1. The second-order valence-electron chi connectivity index (χ2n) is 9.58. The van der Waals surface area contributed by atoms with E-state index in [-0.39, 0.29) is 5.91 Å². The molecule has 1 aromatic heterocycles. The summed E-state index contributed by atoms with van der Waals surface area (Å²) in [6, 6.07) is 33.6. The van der Waals surface area contributed by atoms with Gasteiger partial charge >= 0.3 is 0 Å². The van der Waals surface area contributed by atoms with Crippen molar-refractivity contribution in [2.75, 3.05) is 11.9 Å². The molecule has 5 aromatic rings. The molecular weight excluding hydrogens is 428 g/mol. The predicted molar refractivity (Wildman–Crippen MR) is 143 cm³/mol. The van der Waals surface area contributed by atoms with E-state index in [1.165, 1.54) is 0 Å². The summed E-state index contributed by atoms with van der Waals surface area (Å²) in [7, 11) is 1.89. The van der Waals surface area contributed by atoms with Gasteiger partial charge in [-0.05, 0) is 46.9 Å². The minimum absolute atomic E-state index is 0.0988. The van der Waals surface area contributed by atoms with Gasteiger partial charge in [0, 0.05) is 29.2 Å². The number of rotatable bonds is 2. The van der Waals surface area contributed by atoms with Crippen LogP contribution in [0.15, 0.2) is 103 Å². The number of H-pyrrole nitrogens is 1. The molecule has 1 aliphatic heterocycles. The maximum absolute atomic E-state index is 14.1. The Labute approximate surface area is 204 Å². The lowest BCUT2D eigenvalue weighted by molar-refractivity contribution is -0.120. The van der Waals surface area contributed by atoms with Gasteiger partial charge in [-0.3, -0.25) is 4.79 Å². The van der Waals surface area contributed by atoms with Crippen molar-refractivity contribution >= 4 is 28.1 Å². The van der Waals surface area contributed by atoms with Crippen LogP contribution in [0.5, 0.6) is 0 Å². The predicted octanol–water partition coefficient (Wildman–Crippen LogP) is 6.85. The van der Waals surface area contributed by atoms with Crippen LogP contribution in [0.2, 0.25) is 0 Å². The number of nitrogens with zero attached hydrogens (tertiary/aromatic N) is 1. The van der Waals surface area contributed by atoms with E-state index in [4.69, 9.17) is 0 Å². The zero-order chi connectivity index (χ0) is 23.7. The summed E-state index contributed by atoms with van der Waals surface area (Å²) in [6.07, 6.45) is 2.23. The summed E-state index contributed by atoms with van der Waals surface area (Å²) in [5, 5.41) is 1.16. The lowest BCUT2D eigenvalue weighted by Gasteiger charge is -2.22. The third-order valence-corrected chi connectivity index (χ3v) is 7.62. The number of aromatic nitrogens is 1. The summed E-state index contributed by atoms with van der Waals surface area (Å²) in [5.74, 6) is 0.0988. The quantitative estimate of drug-likeness (QED) is 0.312. The van der Waals surface area contributed by atoms with Gasteiger partial charge in [0.25, 0.3) is 0 Å². The molecule has 3 nitrogen and oxygen atoms in total. The van der Waals surface area contributed by atoms with E-state index in [1.807, 2.05) is 24.1 Å². The van der Waals surface area contributed by atoms with E-state index in [0.717, 1.165) is 61.2 Å². The number of aryl methyl sites for hydroxylation is 1. The maximum atomic E-state index is 14.1. The highest BCUT2D eigenvalue weighted by Crippen LogP contribution is 2.55. The number of likely N-dealkylation sites (N-methyl/N-ethyl adjacent to an activating group) is 1. The summed E-state index contributed by atoms with van der Waals surface area (Å²) < 4.78 is 0. The van der Waals surface area contributed by atoms with Crippen LogP contribution in [0.3, 0.4) is 0 Å². The second-order valence-corrected chi connectivity index (χ2v) is 9.58. The Kier molecular flexibility index (Phi) is 4.05. The minimum Gasteiger partial charge on any atom is -0.354 e. The highest BCUT2D eigenvalue weighted by molar-refractivity contribution is 6.17. The van der Waals surface area contributed by atoms with Crippen LogP contribution < -0.4 is 4.90 Å². The average Bonchev–Trinajstić information content (AvgIpc) is 3.51. The van der Waals surface area contributed by atoms with E-state index < -0.39 is 5.41 Å². The van der Waals surface area contributed by atoms with Gasteiger partial charge < -0.3 is 9.88 Å². The van der Waals surface area contributed by atoms with Gasteiger partial charge in [-0.1, -0.05) is 96.6 Å². The molecule has 2 aliphatic rings. The molecule has 0 saturated heterocycles. The molecule has 35 heavy (non-hydrogen) atoms. The summed E-state index contributed by atoms with van der Waals surface area (Å²) in [5.41, 5.74) is 10.1. The Morgan fingerprint density at radius 3 is 2.40 bits per heavy atom. The van der Waals surface area contributed by atoms with Crippen LogP contribution >= 0.6 is 0 Å². The van der Waals surface area contributed by atoms with Gasteiger partial charge in [0.05, 0.1) is 5.69 Å². The van der Waals surface area contributed by atoms with Crippen molar-refractivity contribution in [3.05, 3.63) is 131 Å². The van der Waals surface area contributed by atoms with Crippen molar-refractivity contribution in [2.45, 2.75) is 12.3 Å². The molecule has 168 valence electrons. The zero-order valence-electron chi connectivity index (χ0n) is 19.7. The number of amides is 1. The van der Waals surface area contributed by atoms with Crippen LogP contribution in [-0.4, -0.2) is 17.9 Å². The molecule has 0 bridgehead atoms. The molecule has 1 N–H and O–H groups in total. The molecule has 1 aliphatic carbocycles. The largest absolute Gasteiger partial charge is 0.354 e. The van der Waals surface area contributed by atoms with Crippen molar-refractivity contribution in [3.8, 4) is 11.3 Å². The summed E-state index contributed by atoms with van der Waals surface area (Å²) >= 11 is 0. The molecule has 0 saturated carbocycles. The molecule has 1 spiro atoms. The van der Waals surface area contributed by atoms with Crippen LogP contribution in [-0.2, 0) is 10.2 Å². The number of anilines is 1. The number of fused-ring (bicyclic) bond motifs is 5. The second kappa shape index (κ2) is 7.07. The monoisotopic (exact) mass is 452 g/mol. The van der Waals surface area contributed by atoms with Gasteiger partial charge in [0.15, 0.2) is 0 Å². The van der Waals surface area contributed by atoms with Crippen molar-refractivity contribution in [1.82, 2.24) is 4.98 Å². The van der Waals surface area contributed by atoms with E-state index in [9.17, 15) is 4.79 Å². The van der Waals surface area contributed by atoms with Crippen molar-refractivity contribution < 1.29 is 4.79 Å². The van der Waals surface area contributed by atoms with Crippen molar-refractivity contribution in [2.24, 2.45) is 0 Å². The first-order chi connectivity index (χ1) is 17.1. The van der Waals surface area contributed by atoms with Crippen LogP contribution in [0, 0.1) is 6.92 Å². The number of para-hydroxylation sites is 1. The van der Waals surface area contributed by atoms with E-state index in [0.29, 0.717) is 0 Å². The van der Waals surface area contributed by atoms with Crippen LogP contribution in [0.1, 0.15) is 27.8 Å².